The van der Waals surface area contributed by atoms with Gasteiger partial charge >= 0.3 is 12.1 Å². The minimum atomic E-state index is -4.79. The van der Waals surface area contributed by atoms with E-state index in [1.54, 1.807) is 6.07 Å². The van der Waals surface area contributed by atoms with Gasteiger partial charge in [-0.15, -0.1) is 0 Å². The van der Waals surface area contributed by atoms with Crippen molar-refractivity contribution < 1.29 is 47.5 Å². The van der Waals surface area contributed by atoms with E-state index in [2.05, 4.69) is 15.1 Å². The smallest absolute Gasteiger partial charge is 0.435 e. The number of nitrogens with zero attached hydrogens (tertiary/aromatic N) is 5. The van der Waals surface area contributed by atoms with Gasteiger partial charge in [0.25, 0.3) is 5.88 Å². The first-order valence-corrected chi connectivity index (χ1v) is 13.1. The third kappa shape index (κ3) is 7.23. The molecule has 1 aromatic carbocycles. The lowest BCUT2D eigenvalue weighted by atomic mass is 10.1. The molecule has 0 aliphatic carbocycles. The number of hydrogen-bond acceptors (Lipinski definition) is 10. The van der Waals surface area contributed by atoms with Crippen LogP contribution in [0.4, 0.5) is 13.2 Å². The largest absolute Gasteiger partial charge is 0.460 e. The fraction of sp³-hybridized carbons (Fsp3) is 0.407. The number of carbonyl (C=O) groups excluding carboxylic acids is 1. The molecule has 0 amide bonds. The number of carbonyl (C=O) groups is 1. The molecule has 3 heterocycles. The number of ether oxygens (including phenoxy) is 3. The van der Waals surface area contributed by atoms with Crippen LogP contribution in [-0.4, -0.2) is 84.6 Å². The topological polar surface area (TPSA) is 153 Å². The van der Waals surface area contributed by atoms with Crippen molar-refractivity contribution in [3.05, 3.63) is 59.8 Å². The van der Waals surface area contributed by atoms with Crippen LogP contribution in [0, 0.1) is 0 Å². The normalized spacial score (nSPS) is 12.5. The number of aliphatic hydroxyl groups excluding tert-OH is 3. The maximum absolute atomic E-state index is 13.9. The van der Waals surface area contributed by atoms with Crippen LogP contribution in [0.3, 0.4) is 0 Å². The third-order valence-electron chi connectivity index (χ3n) is 6.15. The van der Waals surface area contributed by atoms with Gasteiger partial charge in [0.05, 0.1) is 55.5 Å². The van der Waals surface area contributed by atoms with Crippen molar-refractivity contribution in [2.24, 2.45) is 0 Å². The highest BCUT2D eigenvalue weighted by Crippen LogP contribution is 2.37. The predicted octanol–water partition coefficient (Wildman–Crippen LogP) is 2.88. The Morgan fingerprint density at radius 3 is 2.64 bits per heavy atom. The van der Waals surface area contributed by atoms with E-state index in [1.807, 2.05) is 6.92 Å². The second kappa shape index (κ2) is 13.7. The average molecular weight is 594 g/mol. The predicted molar refractivity (Wildman–Crippen MR) is 141 cm³/mol. The molecule has 0 bridgehead atoms. The Morgan fingerprint density at radius 1 is 1.12 bits per heavy atom. The molecule has 226 valence electrons. The molecule has 42 heavy (non-hydrogen) atoms. The number of imidazole rings is 1. The number of alkyl halides is 3. The summed E-state index contributed by atoms with van der Waals surface area (Å²) in [4.78, 5) is 21.0. The highest BCUT2D eigenvalue weighted by Gasteiger charge is 2.38. The average Bonchev–Trinajstić information content (AvgIpc) is 3.57. The second-order valence-electron chi connectivity index (χ2n) is 9.09. The van der Waals surface area contributed by atoms with Crippen molar-refractivity contribution >= 4 is 11.6 Å². The highest BCUT2D eigenvalue weighted by molar-refractivity contribution is 5.91. The van der Waals surface area contributed by atoms with Gasteiger partial charge in [0.15, 0.2) is 5.69 Å². The van der Waals surface area contributed by atoms with Crippen molar-refractivity contribution in [1.82, 2.24) is 24.1 Å². The van der Waals surface area contributed by atoms with Gasteiger partial charge in [-0.2, -0.15) is 18.3 Å². The molecule has 0 saturated carbocycles. The first kappa shape index (κ1) is 30.9. The van der Waals surface area contributed by atoms with E-state index in [4.69, 9.17) is 24.4 Å². The highest BCUT2D eigenvalue weighted by atomic mass is 19.4. The molecule has 12 nitrogen and oxygen atoms in total. The molecule has 4 rings (SSSR count). The molecule has 1 unspecified atom stereocenters. The summed E-state index contributed by atoms with van der Waals surface area (Å²) in [6.07, 6.45) is -0.215. The Morgan fingerprint density at radius 2 is 1.93 bits per heavy atom. The van der Waals surface area contributed by atoms with Crippen molar-refractivity contribution in [2.45, 2.75) is 38.6 Å². The molecule has 15 heteroatoms. The van der Waals surface area contributed by atoms with Crippen molar-refractivity contribution in [1.29, 1.82) is 0 Å². The molecule has 0 saturated heterocycles. The fourth-order valence-electron chi connectivity index (χ4n) is 4.21. The minimum absolute atomic E-state index is 0.0131. The monoisotopic (exact) mass is 593 g/mol. The Labute approximate surface area is 237 Å². The molecule has 4 aromatic rings. The van der Waals surface area contributed by atoms with Crippen LogP contribution < -0.4 is 4.74 Å². The summed E-state index contributed by atoms with van der Waals surface area (Å²) in [5.41, 5.74) is -0.241. The Kier molecular flexibility index (Phi) is 10.1. The van der Waals surface area contributed by atoms with E-state index in [-0.39, 0.29) is 68.8 Å². The molecule has 3 N–H and O–H groups in total. The molecule has 3 aromatic heterocycles. The van der Waals surface area contributed by atoms with Crippen molar-refractivity contribution in [3.8, 4) is 22.9 Å². The number of halogens is 3. The number of aromatic nitrogens is 5. The summed E-state index contributed by atoms with van der Waals surface area (Å²) in [6.45, 7) is 1.47. The lowest BCUT2D eigenvalue weighted by molar-refractivity contribution is -0.141. The van der Waals surface area contributed by atoms with Crippen LogP contribution in [0.15, 0.2) is 43.0 Å². The number of benzene rings is 1. The summed E-state index contributed by atoms with van der Waals surface area (Å²) in [6, 6.07) is 4.71. The van der Waals surface area contributed by atoms with Crippen LogP contribution in [-0.2, 0) is 28.6 Å². The molecule has 0 aliphatic rings. The van der Waals surface area contributed by atoms with Gasteiger partial charge in [-0.1, -0.05) is 6.92 Å². The standard InChI is InChI=1S/C27H30F3N5O7/c1-2-17-13-19(3-4-20(17)26(39)41-12-11-40-10-9-37)42-25-24-32-14-22(35(24)7-6-31-25)21-16-34(15-18(38)5-8-36)33-23(21)27(28,29)30/h3-4,6-7,13-14,16,18,36-38H,2,5,8-12,15H2,1H3. The Hall–Kier alpha value is -4.05. The molecular weight excluding hydrogens is 563 g/mol. The van der Waals surface area contributed by atoms with Crippen LogP contribution in [0.2, 0.25) is 0 Å². The quantitative estimate of drug-likeness (QED) is 0.147. The SMILES string of the molecule is CCc1cc(Oc2nccn3c(-c4cn(CC(O)CCO)nc4C(F)(F)F)cnc23)ccc1C(=O)OCCOCCO. The zero-order valence-electron chi connectivity index (χ0n) is 22.6. The number of aryl methyl sites for hydroxylation is 1. The lowest BCUT2D eigenvalue weighted by Gasteiger charge is -2.12. The maximum Gasteiger partial charge on any atom is 0.435 e. The molecule has 0 radical (unpaired) electrons. The van der Waals surface area contributed by atoms with Gasteiger partial charge in [0, 0.05) is 25.2 Å². The molecule has 0 fully saturated rings. The summed E-state index contributed by atoms with van der Waals surface area (Å²) >= 11 is 0. The van der Waals surface area contributed by atoms with Gasteiger partial charge in [-0.05, 0) is 36.6 Å². The van der Waals surface area contributed by atoms with E-state index in [1.165, 1.54) is 35.1 Å². The number of esters is 1. The number of aliphatic hydroxyl groups is 3. The summed E-state index contributed by atoms with van der Waals surface area (Å²) < 4.78 is 60.3. The van der Waals surface area contributed by atoms with E-state index in [0.717, 1.165) is 10.9 Å². The molecule has 0 aliphatic heterocycles. The van der Waals surface area contributed by atoms with Crippen molar-refractivity contribution in [2.75, 3.05) is 33.0 Å². The van der Waals surface area contributed by atoms with Gasteiger partial charge in [-0.25, -0.2) is 14.8 Å². The first-order chi connectivity index (χ1) is 20.2. The molecular formula is C27H30F3N5O7. The fourth-order valence-corrected chi connectivity index (χ4v) is 4.21. The van der Waals surface area contributed by atoms with Crippen LogP contribution in [0.25, 0.3) is 16.9 Å². The molecule has 1 atom stereocenters. The van der Waals surface area contributed by atoms with E-state index in [0.29, 0.717) is 23.3 Å². The maximum atomic E-state index is 13.9. The van der Waals surface area contributed by atoms with E-state index < -0.39 is 23.9 Å². The Balaban J connectivity index is 1.59. The van der Waals surface area contributed by atoms with Crippen LogP contribution >= 0.6 is 0 Å². The number of rotatable bonds is 14. The summed E-state index contributed by atoms with van der Waals surface area (Å²) in [5.74, 6) is -0.211. The Bertz CT molecular complexity index is 1510. The van der Waals surface area contributed by atoms with Crippen LogP contribution in [0.5, 0.6) is 11.6 Å². The lowest BCUT2D eigenvalue weighted by Crippen LogP contribution is -2.18. The van der Waals surface area contributed by atoms with E-state index in [9.17, 15) is 23.1 Å². The number of fused-ring (bicyclic) bond motifs is 1. The van der Waals surface area contributed by atoms with Crippen LogP contribution in [0.1, 0.15) is 35.0 Å². The zero-order chi connectivity index (χ0) is 30.3. The summed E-state index contributed by atoms with van der Waals surface area (Å²) in [5, 5.41) is 31.3. The van der Waals surface area contributed by atoms with Gasteiger partial charge < -0.3 is 29.5 Å². The van der Waals surface area contributed by atoms with E-state index >= 15 is 0 Å². The second-order valence-corrected chi connectivity index (χ2v) is 9.09. The van der Waals surface area contributed by atoms with Gasteiger partial charge in [-0.3, -0.25) is 9.08 Å². The minimum Gasteiger partial charge on any atom is -0.460 e. The number of hydrogen-bond donors (Lipinski definition) is 3. The molecule has 0 spiro atoms. The summed E-state index contributed by atoms with van der Waals surface area (Å²) in [7, 11) is 0. The zero-order valence-corrected chi connectivity index (χ0v) is 22.6. The van der Waals surface area contributed by atoms with Gasteiger partial charge in [0.2, 0.25) is 5.65 Å². The van der Waals surface area contributed by atoms with Gasteiger partial charge in [0.1, 0.15) is 12.4 Å². The third-order valence-corrected chi connectivity index (χ3v) is 6.15. The van der Waals surface area contributed by atoms with Crippen molar-refractivity contribution in [3.63, 3.8) is 0 Å². The first-order valence-electron chi connectivity index (χ1n) is 13.1.